The van der Waals surface area contributed by atoms with Gasteiger partial charge in [0.05, 0.1) is 11.1 Å². The van der Waals surface area contributed by atoms with E-state index in [0.717, 1.165) is 29.0 Å². The van der Waals surface area contributed by atoms with E-state index < -0.39 is 6.04 Å². The zero-order chi connectivity index (χ0) is 17.2. The summed E-state index contributed by atoms with van der Waals surface area (Å²) in [6.07, 6.45) is 4.21. The quantitative estimate of drug-likeness (QED) is 0.709. The third kappa shape index (κ3) is 2.93. The first-order chi connectivity index (χ1) is 12.2. The molecule has 0 radical (unpaired) electrons. The molecule has 2 heterocycles. The van der Waals surface area contributed by atoms with Crippen molar-refractivity contribution in [3.63, 3.8) is 0 Å². The summed E-state index contributed by atoms with van der Waals surface area (Å²) < 4.78 is 0. The lowest BCUT2D eigenvalue weighted by molar-refractivity contribution is -0.122. The van der Waals surface area contributed by atoms with Crippen molar-refractivity contribution in [2.24, 2.45) is 0 Å². The number of nitrogens with zero attached hydrogens (tertiary/aromatic N) is 1. The number of carbonyl (C=O) groups excluding carboxylic acids is 2. The van der Waals surface area contributed by atoms with Crippen molar-refractivity contribution in [1.82, 2.24) is 15.6 Å². The first kappa shape index (κ1) is 15.6. The molecule has 3 aromatic rings. The van der Waals surface area contributed by atoms with Gasteiger partial charge in [0.1, 0.15) is 6.04 Å². The number of aromatic nitrogens is 1. The zero-order valence-corrected chi connectivity index (χ0v) is 13.8. The van der Waals surface area contributed by atoms with Crippen molar-refractivity contribution in [2.75, 3.05) is 6.54 Å². The molecule has 1 aromatic heterocycles. The molecule has 1 saturated heterocycles. The Morgan fingerprint density at radius 2 is 1.96 bits per heavy atom. The molecular formula is C20H19N3O2. The maximum absolute atomic E-state index is 12.9. The Morgan fingerprint density at radius 1 is 1.12 bits per heavy atom. The molecule has 2 N–H and O–H groups in total. The molecule has 126 valence electrons. The van der Waals surface area contributed by atoms with E-state index in [2.05, 4.69) is 15.6 Å². The van der Waals surface area contributed by atoms with Crippen LogP contribution in [0.3, 0.4) is 0 Å². The van der Waals surface area contributed by atoms with Crippen LogP contribution in [0.15, 0.2) is 48.7 Å². The van der Waals surface area contributed by atoms with Crippen molar-refractivity contribution >= 4 is 33.5 Å². The standard InChI is InChI=1S/C20H19N3O2/c24-19(23-17-9-3-4-10-22-20(17)25)16-12-13-6-1-2-7-14(13)15-8-5-11-21-18(15)16/h1-2,5-8,11-12,17H,3-4,9-10H2,(H,22,25)(H,23,24). The summed E-state index contributed by atoms with van der Waals surface area (Å²) in [6, 6.07) is 13.1. The summed E-state index contributed by atoms with van der Waals surface area (Å²) in [5.41, 5.74) is 1.17. The van der Waals surface area contributed by atoms with E-state index in [1.165, 1.54) is 0 Å². The topological polar surface area (TPSA) is 71.1 Å². The van der Waals surface area contributed by atoms with Gasteiger partial charge in [-0.2, -0.15) is 0 Å². The first-order valence-electron chi connectivity index (χ1n) is 8.59. The minimum absolute atomic E-state index is 0.107. The van der Waals surface area contributed by atoms with E-state index in [4.69, 9.17) is 0 Å². The van der Waals surface area contributed by atoms with Crippen LogP contribution in [0.25, 0.3) is 21.7 Å². The lowest BCUT2D eigenvalue weighted by atomic mass is 10.00. The molecule has 25 heavy (non-hydrogen) atoms. The van der Waals surface area contributed by atoms with Gasteiger partial charge in [0, 0.05) is 18.1 Å². The second-order valence-corrected chi connectivity index (χ2v) is 6.36. The van der Waals surface area contributed by atoms with E-state index in [0.29, 0.717) is 24.0 Å². The highest BCUT2D eigenvalue weighted by Crippen LogP contribution is 2.27. The summed E-state index contributed by atoms with van der Waals surface area (Å²) in [5.74, 6) is -0.361. The molecular weight excluding hydrogens is 314 g/mol. The monoisotopic (exact) mass is 333 g/mol. The van der Waals surface area contributed by atoms with Crippen LogP contribution < -0.4 is 10.6 Å². The van der Waals surface area contributed by atoms with Gasteiger partial charge in [-0.05, 0) is 42.2 Å². The Morgan fingerprint density at radius 3 is 2.88 bits per heavy atom. The number of pyridine rings is 1. The second-order valence-electron chi connectivity index (χ2n) is 6.36. The van der Waals surface area contributed by atoms with Gasteiger partial charge in [0.2, 0.25) is 5.91 Å². The summed E-state index contributed by atoms with van der Waals surface area (Å²) in [6.45, 7) is 0.672. The minimum atomic E-state index is -0.486. The van der Waals surface area contributed by atoms with Crippen LogP contribution in [0, 0.1) is 0 Å². The molecule has 1 aliphatic heterocycles. The van der Waals surface area contributed by atoms with Crippen LogP contribution in [0.4, 0.5) is 0 Å². The van der Waals surface area contributed by atoms with Crippen molar-refractivity contribution in [1.29, 1.82) is 0 Å². The number of rotatable bonds is 2. The number of amides is 2. The molecule has 1 unspecified atom stereocenters. The maximum Gasteiger partial charge on any atom is 0.254 e. The summed E-state index contributed by atoms with van der Waals surface area (Å²) in [5, 5.41) is 8.73. The Kier molecular flexibility index (Phi) is 4.06. The van der Waals surface area contributed by atoms with E-state index in [9.17, 15) is 9.59 Å². The summed E-state index contributed by atoms with van der Waals surface area (Å²) >= 11 is 0. The fraction of sp³-hybridized carbons (Fsp3) is 0.250. The van der Waals surface area contributed by atoms with Crippen LogP contribution in [0.5, 0.6) is 0 Å². The molecule has 5 nitrogen and oxygen atoms in total. The smallest absolute Gasteiger partial charge is 0.254 e. The highest BCUT2D eigenvalue weighted by molar-refractivity contribution is 6.16. The molecule has 1 aliphatic rings. The summed E-state index contributed by atoms with van der Waals surface area (Å²) in [7, 11) is 0. The third-order valence-corrected chi connectivity index (χ3v) is 4.70. The Hall–Kier alpha value is -2.95. The molecule has 2 aromatic carbocycles. The highest BCUT2D eigenvalue weighted by Gasteiger charge is 2.24. The molecule has 0 aliphatic carbocycles. The minimum Gasteiger partial charge on any atom is -0.354 e. The third-order valence-electron chi connectivity index (χ3n) is 4.70. The zero-order valence-electron chi connectivity index (χ0n) is 13.8. The highest BCUT2D eigenvalue weighted by atomic mass is 16.2. The van der Waals surface area contributed by atoms with Crippen LogP contribution in [-0.2, 0) is 4.79 Å². The van der Waals surface area contributed by atoms with Crippen LogP contribution in [0.1, 0.15) is 29.6 Å². The fourth-order valence-corrected chi connectivity index (χ4v) is 3.42. The molecule has 1 atom stereocenters. The predicted octanol–water partition coefficient (Wildman–Crippen LogP) is 2.79. The van der Waals surface area contributed by atoms with Crippen molar-refractivity contribution in [2.45, 2.75) is 25.3 Å². The fourth-order valence-electron chi connectivity index (χ4n) is 3.42. The lowest BCUT2D eigenvalue weighted by Gasteiger charge is -2.16. The molecule has 0 saturated carbocycles. The van der Waals surface area contributed by atoms with Crippen molar-refractivity contribution < 1.29 is 9.59 Å². The van der Waals surface area contributed by atoms with Crippen LogP contribution in [-0.4, -0.2) is 29.4 Å². The summed E-state index contributed by atoms with van der Waals surface area (Å²) in [4.78, 5) is 29.4. The largest absolute Gasteiger partial charge is 0.354 e. The SMILES string of the molecule is O=C(NC1CCCCNC1=O)c1cc2ccccc2c2cccnc12. The van der Waals surface area contributed by atoms with E-state index in [1.54, 1.807) is 6.20 Å². The maximum atomic E-state index is 12.9. The van der Waals surface area contributed by atoms with Crippen LogP contribution >= 0.6 is 0 Å². The molecule has 4 rings (SSSR count). The average molecular weight is 333 g/mol. The molecule has 2 amide bonds. The molecule has 1 fully saturated rings. The number of hydrogen-bond donors (Lipinski definition) is 2. The van der Waals surface area contributed by atoms with E-state index >= 15 is 0 Å². The van der Waals surface area contributed by atoms with Crippen molar-refractivity contribution in [3.8, 4) is 0 Å². The van der Waals surface area contributed by atoms with E-state index in [1.807, 2.05) is 42.5 Å². The van der Waals surface area contributed by atoms with Gasteiger partial charge >= 0.3 is 0 Å². The number of carbonyl (C=O) groups is 2. The van der Waals surface area contributed by atoms with Gasteiger partial charge in [-0.1, -0.05) is 30.3 Å². The van der Waals surface area contributed by atoms with E-state index in [-0.39, 0.29) is 11.8 Å². The normalized spacial score (nSPS) is 17.9. The number of fused-ring (bicyclic) bond motifs is 3. The van der Waals surface area contributed by atoms with Gasteiger partial charge in [0.25, 0.3) is 5.91 Å². The lowest BCUT2D eigenvalue weighted by Crippen LogP contribution is -2.45. The van der Waals surface area contributed by atoms with Crippen molar-refractivity contribution in [3.05, 3.63) is 54.2 Å². The molecule has 5 heteroatoms. The Balaban J connectivity index is 1.76. The Bertz CT molecular complexity index is 967. The Labute approximate surface area is 145 Å². The van der Waals surface area contributed by atoms with Gasteiger partial charge in [-0.25, -0.2) is 0 Å². The van der Waals surface area contributed by atoms with Gasteiger partial charge in [0.15, 0.2) is 0 Å². The van der Waals surface area contributed by atoms with Gasteiger partial charge in [-0.3, -0.25) is 14.6 Å². The molecule has 0 bridgehead atoms. The van der Waals surface area contributed by atoms with Gasteiger partial charge < -0.3 is 10.6 Å². The average Bonchev–Trinajstić information content (AvgIpc) is 2.85. The molecule has 0 spiro atoms. The predicted molar refractivity (Wildman–Crippen MR) is 97.4 cm³/mol. The van der Waals surface area contributed by atoms with Crippen LogP contribution in [0.2, 0.25) is 0 Å². The second kappa shape index (κ2) is 6.51. The van der Waals surface area contributed by atoms with Gasteiger partial charge in [-0.15, -0.1) is 0 Å². The number of hydrogen-bond acceptors (Lipinski definition) is 3. The number of nitrogens with one attached hydrogen (secondary N) is 2. The number of benzene rings is 2. The first-order valence-corrected chi connectivity index (χ1v) is 8.59.